The molecule has 2 heterocycles. The van der Waals surface area contributed by atoms with Crippen molar-refractivity contribution in [3.63, 3.8) is 0 Å². The van der Waals surface area contributed by atoms with Gasteiger partial charge in [-0.15, -0.1) is 0 Å². The van der Waals surface area contributed by atoms with E-state index in [4.69, 9.17) is 21.1 Å². The van der Waals surface area contributed by atoms with Crippen molar-refractivity contribution in [3.8, 4) is 5.88 Å². The quantitative estimate of drug-likeness (QED) is 0.803. The smallest absolute Gasteiger partial charge is 0.410 e. The number of ether oxygens (including phenoxy) is 2. The number of amides is 1. The summed E-state index contributed by atoms with van der Waals surface area (Å²) in [6, 6.07) is 1.54. The lowest BCUT2D eigenvalue weighted by molar-refractivity contribution is 0.0185. The molecular weight excluding hydrogens is 294 g/mol. The van der Waals surface area contributed by atoms with Gasteiger partial charge in [0.2, 0.25) is 5.88 Å². The fourth-order valence-electron chi connectivity index (χ4n) is 2.15. The van der Waals surface area contributed by atoms with Crippen molar-refractivity contribution in [1.29, 1.82) is 0 Å². The molecule has 116 valence electrons. The second-order valence-corrected chi connectivity index (χ2v) is 6.35. The molecule has 1 unspecified atom stereocenters. The number of halogens is 1. The minimum Gasteiger partial charge on any atom is -0.475 e. The Bertz CT molecular complexity index is 504. The van der Waals surface area contributed by atoms with Gasteiger partial charge >= 0.3 is 6.09 Å². The van der Waals surface area contributed by atoms with E-state index in [1.54, 1.807) is 11.0 Å². The normalized spacial score (nSPS) is 18.7. The van der Waals surface area contributed by atoms with Crippen LogP contribution in [0.4, 0.5) is 4.79 Å². The predicted octanol–water partition coefficient (Wildman–Crippen LogP) is 2.91. The van der Waals surface area contributed by atoms with Gasteiger partial charge in [0.25, 0.3) is 0 Å². The Morgan fingerprint density at radius 2 is 2.24 bits per heavy atom. The van der Waals surface area contributed by atoms with Crippen LogP contribution in [0.5, 0.6) is 5.88 Å². The number of aromatic nitrogens is 2. The first-order valence-electron chi connectivity index (χ1n) is 6.95. The molecular formula is C14H20ClN3O3. The molecule has 1 aromatic rings. The van der Waals surface area contributed by atoms with Crippen molar-refractivity contribution in [3.05, 3.63) is 17.5 Å². The molecule has 1 amide bonds. The molecule has 2 rings (SSSR count). The number of rotatable bonds is 3. The number of carbonyl (C=O) groups excluding carboxylic acids is 1. The van der Waals surface area contributed by atoms with Crippen molar-refractivity contribution in [2.24, 2.45) is 0 Å². The van der Waals surface area contributed by atoms with E-state index in [1.807, 2.05) is 20.8 Å². The van der Waals surface area contributed by atoms with E-state index in [0.29, 0.717) is 24.2 Å². The molecule has 1 aliphatic heterocycles. The predicted molar refractivity (Wildman–Crippen MR) is 78.5 cm³/mol. The summed E-state index contributed by atoms with van der Waals surface area (Å²) in [5.74, 6) is 0.408. The molecule has 7 heteroatoms. The number of nitrogens with zero attached hydrogens (tertiary/aromatic N) is 3. The fraction of sp³-hybridized carbons (Fsp3) is 0.643. The maximum atomic E-state index is 12.1. The fourth-order valence-corrected chi connectivity index (χ4v) is 2.28. The number of likely N-dealkylation sites (tertiary alicyclic amines) is 1. The average molecular weight is 314 g/mol. The van der Waals surface area contributed by atoms with E-state index in [0.717, 1.165) is 12.8 Å². The molecule has 21 heavy (non-hydrogen) atoms. The van der Waals surface area contributed by atoms with E-state index >= 15 is 0 Å². The van der Waals surface area contributed by atoms with Crippen molar-refractivity contribution in [2.75, 3.05) is 13.2 Å². The van der Waals surface area contributed by atoms with Crippen LogP contribution in [0.25, 0.3) is 0 Å². The summed E-state index contributed by atoms with van der Waals surface area (Å²) < 4.78 is 11.0. The zero-order valence-corrected chi connectivity index (χ0v) is 13.3. The van der Waals surface area contributed by atoms with E-state index in [-0.39, 0.29) is 12.1 Å². The van der Waals surface area contributed by atoms with Gasteiger partial charge in [0.05, 0.1) is 6.04 Å². The van der Waals surface area contributed by atoms with E-state index in [9.17, 15) is 4.79 Å². The first kappa shape index (κ1) is 15.8. The molecule has 0 aromatic carbocycles. The SMILES string of the molecule is CC(C)(C)OC(=O)N1CCCC1COc1cc(Cl)ncn1. The van der Waals surface area contributed by atoms with Gasteiger partial charge in [-0.25, -0.2) is 14.8 Å². The molecule has 1 aromatic heterocycles. The molecule has 1 atom stereocenters. The van der Waals surface area contributed by atoms with Crippen molar-refractivity contribution < 1.29 is 14.3 Å². The highest BCUT2D eigenvalue weighted by Gasteiger charge is 2.32. The van der Waals surface area contributed by atoms with Gasteiger partial charge in [-0.1, -0.05) is 11.6 Å². The third kappa shape index (κ3) is 4.74. The van der Waals surface area contributed by atoms with Crippen molar-refractivity contribution in [2.45, 2.75) is 45.3 Å². The van der Waals surface area contributed by atoms with Gasteiger partial charge in [-0.2, -0.15) is 0 Å². The maximum absolute atomic E-state index is 12.1. The highest BCUT2D eigenvalue weighted by molar-refractivity contribution is 6.29. The number of hydrogen-bond donors (Lipinski definition) is 0. The standard InChI is InChI=1S/C14H20ClN3O3/c1-14(2,3)21-13(19)18-6-4-5-10(18)8-20-12-7-11(15)16-9-17-12/h7,9-10H,4-6,8H2,1-3H3. The maximum Gasteiger partial charge on any atom is 0.410 e. The second-order valence-electron chi connectivity index (χ2n) is 5.96. The third-order valence-corrected chi connectivity index (χ3v) is 3.24. The molecule has 0 radical (unpaired) electrons. The van der Waals surface area contributed by atoms with Crippen molar-refractivity contribution >= 4 is 17.7 Å². The summed E-state index contributed by atoms with van der Waals surface area (Å²) in [5, 5.41) is 0.329. The lowest BCUT2D eigenvalue weighted by Gasteiger charge is -2.28. The molecule has 1 saturated heterocycles. The van der Waals surface area contributed by atoms with E-state index in [1.165, 1.54) is 6.33 Å². The Labute approximate surface area is 129 Å². The van der Waals surface area contributed by atoms with E-state index < -0.39 is 5.60 Å². The summed E-state index contributed by atoms with van der Waals surface area (Å²) in [4.78, 5) is 21.6. The number of hydrogen-bond acceptors (Lipinski definition) is 5. The lowest BCUT2D eigenvalue weighted by atomic mass is 10.2. The van der Waals surface area contributed by atoms with Gasteiger partial charge in [0.15, 0.2) is 0 Å². The third-order valence-electron chi connectivity index (χ3n) is 3.04. The second kappa shape index (κ2) is 6.47. The highest BCUT2D eigenvalue weighted by atomic mass is 35.5. The monoisotopic (exact) mass is 313 g/mol. The van der Waals surface area contributed by atoms with Gasteiger partial charge in [-0.05, 0) is 33.6 Å². The summed E-state index contributed by atoms with van der Waals surface area (Å²) in [6.07, 6.45) is 2.88. The van der Waals surface area contributed by atoms with Crippen LogP contribution in [-0.2, 0) is 4.74 Å². The largest absolute Gasteiger partial charge is 0.475 e. The summed E-state index contributed by atoms with van der Waals surface area (Å²) in [5.41, 5.74) is -0.495. The minimum absolute atomic E-state index is 0.00593. The van der Waals surface area contributed by atoms with Crippen LogP contribution in [0, 0.1) is 0 Å². The molecule has 0 bridgehead atoms. The zero-order chi connectivity index (χ0) is 15.5. The molecule has 1 fully saturated rings. The van der Waals surface area contributed by atoms with Crippen LogP contribution in [0.1, 0.15) is 33.6 Å². The first-order chi connectivity index (χ1) is 9.85. The van der Waals surface area contributed by atoms with Crippen molar-refractivity contribution in [1.82, 2.24) is 14.9 Å². The Morgan fingerprint density at radius 1 is 1.48 bits per heavy atom. The molecule has 0 N–H and O–H groups in total. The van der Waals surface area contributed by atoms with Crippen LogP contribution >= 0.6 is 11.6 Å². The lowest BCUT2D eigenvalue weighted by Crippen LogP contribution is -2.42. The number of carbonyl (C=O) groups is 1. The van der Waals surface area contributed by atoms with Gasteiger partial charge in [0, 0.05) is 12.6 Å². The van der Waals surface area contributed by atoms with E-state index in [2.05, 4.69) is 9.97 Å². The van der Waals surface area contributed by atoms with Gasteiger partial charge in [0.1, 0.15) is 23.7 Å². The Balaban J connectivity index is 1.91. The molecule has 0 spiro atoms. The molecule has 6 nitrogen and oxygen atoms in total. The average Bonchev–Trinajstić information content (AvgIpc) is 2.83. The zero-order valence-electron chi connectivity index (χ0n) is 12.5. The van der Waals surface area contributed by atoms with Crippen LogP contribution in [0.3, 0.4) is 0 Å². The van der Waals surface area contributed by atoms with Crippen LogP contribution in [-0.4, -0.2) is 45.8 Å². The van der Waals surface area contributed by atoms with Crippen LogP contribution < -0.4 is 4.74 Å². The summed E-state index contributed by atoms with van der Waals surface area (Å²) in [7, 11) is 0. The first-order valence-corrected chi connectivity index (χ1v) is 7.33. The van der Waals surface area contributed by atoms with Gasteiger partial charge < -0.3 is 14.4 Å². The Kier molecular flexibility index (Phi) is 4.88. The molecule has 0 aliphatic carbocycles. The summed E-state index contributed by atoms with van der Waals surface area (Å²) >= 11 is 5.78. The van der Waals surface area contributed by atoms with Gasteiger partial charge in [-0.3, -0.25) is 0 Å². The van der Waals surface area contributed by atoms with Crippen LogP contribution in [0.15, 0.2) is 12.4 Å². The van der Waals surface area contributed by atoms with Crippen LogP contribution in [0.2, 0.25) is 5.15 Å². The molecule has 1 aliphatic rings. The topological polar surface area (TPSA) is 64.5 Å². The molecule has 0 saturated carbocycles. The minimum atomic E-state index is -0.495. The highest BCUT2D eigenvalue weighted by Crippen LogP contribution is 2.22. The Hall–Kier alpha value is -1.56. The summed E-state index contributed by atoms with van der Waals surface area (Å²) in [6.45, 7) is 6.63. The Morgan fingerprint density at radius 3 is 2.90 bits per heavy atom.